The van der Waals surface area contributed by atoms with Crippen LogP contribution in [0.15, 0.2) is 6.20 Å². The van der Waals surface area contributed by atoms with Crippen LogP contribution in [-0.2, 0) is 11.3 Å². The lowest BCUT2D eigenvalue weighted by Gasteiger charge is -2.34. The number of hydrogen-bond acceptors (Lipinski definition) is 4. The number of aryl methyl sites for hydroxylation is 3. The van der Waals surface area contributed by atoms with Gasteiger partial charge in [-0.2, -0.15) is 5.10 Å². The molecule has 1 saturated heterocycles. The van der Waals surface area contributed by atoms with E-state index in [0.29, 0.717) is 25.3 Å². The molecular weight excluding hydrogens is 306 g/mol. The number of nitrogens with zero attached hydrogens (tertiary/aromatic N) is 4. The molecule has 2 aromatic heterocycles. The van der Waals surface area contributed by atoms with Gasteiger partial charge in [0.25, 0.3) is 5.91 Å². The normalized spacial score (nSPS) is 18.2. The molecule has 0 radical (unpaired) electrons. The highest BCUT2D eigenvalue weighted by atomic mass is 16.5. The highest BCUT2D eigenvalue weighted by molar-refractivity contribution is 5.96. The van der Waals surface area contributed by atoms with E-state index in [1.54, 1.807) is 6.20 Å². The largest absolute Gasteiger partial charge is 0.377 e. The van der Waals surface area contributed by atoms with Gasteiger partial charge in [0.05, 0.1) is 24.5 Å². The van der Waals surface area contributed by atoms with E-state index in [1.807, 2.05) is 30.4 Å². The van der Waals surface area contributed by atoms with E-state index in [0.717, 1.165) is 35.9 Å². The van der Waals surface area contributed by atoms with E-state index in [2.05, 4.69) is 22.0 Å². The highest BCUT2D eigenvalue weighted by Crippen LogP contribution is 2.26. The third-order valence-electron chi connectivity index (χ3n) is 4.46. The number of hydrogen-bond donors (Lipinski definition) is 1. The zero-order valence-corrected chi connectivity index (χ0v) is 14.8. The minimum absolute atomic E-state index is 0.00899. The number of carbonyl (C=O) groups is 1. The van der Waals surface area contributed by atoms with E-state index in [9.17, 15) is 4.79 Å². The van der Waals surface area contributed by atoms with Crippen LogP contribution in [0.2, 0.25) is 0 Å². The summed E-state index contributed by atoms with van der Waals surface area (Å²) in [6, 6.07) is -0.187. The van der Waals surface area contributed by atoms with Crippen LogP contribution in [0, 0.1) is 20.8 Å². The SMILES string of the molecule is CCCn1nc(C)c(C(=O)N2CCOCC2c2ncc(C)[nH]2)c1C. The summed E-state index contributed by atoms with van der Waals surface area (Å²) in [6.07, 6.45) is 2.77. The van der Waals surface area contributed by atoms with Gasteiger partial charge in [-0.25, -0.2) is 4.98 Å². The van der Waals surface area contributed by atoms with Gasteiger partial charge in [0.15, 0.2) is 0 Å². The third kappa shape index (κ3) is 2.96. The first kappa shape index (κ1) is 16.7. The van der Waals surface area contributed by atoms with Crippen LogP contribution in [0.5, 0.6) is 0 Å². The summed E-state index contributed by atoms with van der Waals surface area (Å²) in [5.41, 5.74) is 3.40. The molecule has 3 heterocycles. The summed E-state index contributed by atoms with van der Waals surface area (Å²) in [5, 5.41) is 4.53. The van der Waals surface area contributed by atoms with Gasteiger partial charge in [-0.15, -0.1) is 0 Å². The van der Waals surface area contributed by atoms with E-state index in [4.69, 9.17) is 4.74 Å². The van der Waals surface area contributed by atoms with Crippen LogP contribution >= 0.6 is 0 Å². The van der Waals surface area contributed by atoms with Crippen molar-refractivity contribution in [1.29, 1.82) is 0 Å². The standard InChI is InChI=1S/C17H25N5O2/c1-5-6-22-13(4)15(12(3)20-22)17(23)21-7-8-24-10-14(21)16-18-9-11(2)19-16/h9,14H,5-8,10H2,1-4H3,(H,18,19). The number of aromatic nitrogens is 4. The Labute approximate surface area is 142 Å². The van der Waals surface area contributed by atoms with E-state index in [1.165, 1.54) is 0 Å². The first-order valence-corrected chi connectivity index (χ1v) is 8.47. The molecular formula is C17H25N5O2. The highest BCUT2D eigenvalue weighted by Gasteiger charge is 2.33. The van der Waals surface area contributed by atoms with Gasteiger partial charge in [-0.05, 0) is 27.2 Å². The number of ether oxygens (including phenoxy) is 1. The molecule has 7 nitrogen and oxygen atoms in total. The Morgan fingerprint density at radius 3 is 2.88 bits per heavy atom. The van der Waals surface area contributed by atoms with Crippen molar-refractivity contribution in [2.24, 2.45) is 0 Å². The number of amides is 1. The Kier molecular flexibility index (Phi) is 4.71. The van der Waals surface area contributed by atoms with Crippen molar-refractivity contribution in [3.05, 3.63) is 34.7 Å². The molecule has 1 atom stereocenters. The van der Waals surface area contributed by atoms with Gasteiger partial charge >= 0.3 is 0 Å². The number of imidazole rings is 1. The molecule has 0 bridgehead atoms. The lowest BCUT2D eigenvalue weighted by Crippen LogP contribution is -2.44. The second-order valence-corrected chi connectivity index (χ2v) is 6.31. The molecule has 1 fully saturated rings. The van der Waals surface area contributed by atoms with Crippen LogP contribution in [0.3, 0.4) is 0 Å². The van der Waals surface area contributed by atoms with Crippen molar-refractivity contribution in [2.45, 2.75) is 46.7 Å². The fourth-order valence-electron chi connectivity index (χ4n) is 3.26. The second kappa shape index (κ2) is 6.76. The summed E-state index contributed by atoms with van der Waals surface area (Å²) in [5.74, 6) is 0.784. The zero-order valence-electron chi connectivity index (χ0n) is 14.8. The number of morpholine rings is 1. The van der Waals surface area contributed by atoms with Crippen LogP contribution in [0.4, 0.5) is 0 Å². The minimum atomic E-state index is -0.187. The van der Waals surface area contributed by atoms with Gasteiger partial charge < -0.3 is 14.6 Å². The average molecular weight is 331 g/mol. The molecule has 0 aliphatic carbocycles. The molecule has 24 heavy (non-hydrogen) atoms. The van der Waals surface area contributed by atoms with Crippen molar-refractivity contribution in [3.8, 4) is 0 Å². The number of rotatable bonds is 4. The van der Waals surface area contributed by atoms with E-state index >= 15 is 0 Å². The molecule has 0 aromatic carbocycles. The molecule has 0 spiro atoms. The summed E-state index contributed by atoms with van der Waals surface area (Å²) in [4.78, 5) is 22.7. The van der Waals surface area contributed by atoms with E-state index < -0.39 is 0 Å². The van der Waals surface area contributed by atoms with Crippen molar-refractivity contribution >= 4 is 5.91 Å². The summed E-state index contributed by atoms with van der Waals surface area (Å²) < 4.78 is 7.52. The zero-order chi connectivity index (χ0) is 17.3. The maximum absolute atomic E-state index is 13.2. The molecule has 1 aliphatic rings. The number of H-pyrrole nitrogens is 1. The topological polar surface area (TPSA) is 76.0 Å². The molecule has 2 aromatic rings. The number of aromatic amines is 1. The van der Waals surface area contributed by atoms with Gasteiger partial charge in [0, 0.05) is 30.7 Å². The van der Waals surface area contributed by atoms with Crippen molar-refractivity contribution < 1.29 is 9.53 Å². The Bertz CT molecular complexity index is 733. The van der Waals surface area contributed by atoms with Crippen LogP contribution < -0.4 is 0 Å². The Morgan fingerprint density at radius 1 is 1.42 bits per heavy atom. The summed E-state index contributed by atoms with van der Waals surface area (Å²) in [7, 11) is 0. The first-order valence-electron chi connectivity index (χ1n) is 8.47. The molecule has 0 saturated carbocycles. The van der Waals surface area contributed by atoms with Crippen molar-refractivity contribution in [3.63, 3.8) is 0 Å². The van der Waals surface area contributed by atoms with Gasteiger partial charge in [-0.3, -0.25) is 9.48 Å². The number of carbonyl (C=O) groups excluding carboxylic acids is 1. The summed E-state index contributed by atoms with van der Waals surface area (Å²) in [6.45, 7) is 10.3. The van der Waals surface area contributed by atoms with Crippen LogP contribution in [0.1, 0.15) is 52.7 Å². The average Bonchev–Trinajstić information content (AvgIpc) is 3.11. The predicted octanol–water partition coefficient (Wildman–Crippen LogP) is 2.16. The van der Waals surface area contributed by atoms with Gasteiger partial charge in [0.2, 0.25) is 0 Å². The second-order valence-electron chi connectivity index (χ2n) is 6.31. The van der Waals surface area contributed by atoms with Crippen LogP contribution in [0.25, 0.3) is 0 Å². The smallest absolute Gasteiger partial charge is 0.258 e. The molecule has 1 N–H and O–H groups in total. The predicted molar refractivity (Wildman–Crippen MR) is 89.9 cm³/mol. The lowest BCUT2D eigenvalue weighted by molar-refractivity contribution is -0.00509. The molecule has 3 rings (SSSR count). The molecule has 130 valence electrons. The van der Waals surface area contributed by atoms with Crippen LogP contribution in [-0.4, -0.2) is 50.3 Å². The maximum Gasteiger partial charge on any atom is 0.258 e. The quantitative estimate of drug-likeness (QED) is 0.931. The Morgan fingerprint density at radius 2 is 2.21 bits per heavy atom. The fourth-order valence-corrected chi connectivity index (χ4v) is 3.26. The van der Waals surface area contributed by atoms with Gasteiger partial charge in [-0.1, -0.05) is 6.92 Å². The fraction of sp³-hybridized carbons (Fsp3) is 0.588. The lowest BCUT2D eigenvalue weighted by atomic mass is 10.1. The monoisotopic (exact) mass is 331 g/mol. The Balaban J connectivity index is 1.92. The third-order valence-corrected chi connectivity index (χ3v) is 4.46. The van der Waals surface area contributed by atoms with Crippen molar-refractivity contribution in [1.82, 2.24) is 24.6 Å². The minimum Gasteiger partial charge on any atom is -0.377 e. The van der Waals surface area contributed by atoms with Crippen molar-refractivity contribution in [2.75, 3.05) is 19.8 Å². The molecule has 1 unspecified atom stereocenters. The number of nitrogens with one attached hydrogen (secondary N) is 1. The first-order chi connectivity index (χ1) is 11.5. The molecule has 1 aliphatic heterocycles. The summed E-state index contributed by atoms with van der Waals surface area (Å²) >= 11 is 0. The Hall–Kier alpha value is -2.15. The molecule has 1 amide bonds. The maximum atomic E-state index is 13.2. The van der Waals surface area contributed by atoms with Gasteiger partial charge in [0.1, 0.15) is 11.9 Å². The molecule has 7 heteroatoms. The van der Waals surface area contributed by atoms with E-state index in [-0.39, 0.29) is 11.9 Å².